The van der Waals surface area contributed by atoms with Crippen LogP contribution in [0.4, 0.5) is 0 Å². The van der Waals surface area contributed by atoms with Gasteiger partial charge in [-0.3, -0.25) is 4.79 Å². The van der Waals surface area contributed by atoms with Crippen molar-refractivity contribution in [3.8, 4) is 5.75 Å². The monoisotopic (exact) mass is 378 g/mol. The third-order valence-corrected chi connectivity index (χ3v) is 5.05. The Kier molecular flexibility index (Phi) is 7.28. The summed E-state index contributed by atoms with van der Waals surface area (Å²) in [5.41, 5.74) is 4.87. The van der Waals surface area contributed by atoms with E-state index in [4.69, 9.17) is 24.5 Å². The smallest absolute Gasteiger partial charge is 0.481 e. The number of nitrogens with two attached hydrogens (primary N) is 1. The number of hydrogen-bond donors (Lipinski definition) is 2. The van der Waals surface area contributed by atoms with E-state index in [-0.39, 0.29) is 12.5 Å². The van der Waals surface area contributed by atoms with Crippen LogP contribution in [0.25, 0.3) is 0 Å². The minimum atomic E-state index is -0.755. The lowest BCUT2D eigenvalue weighted by atomic mass is 9.76. The van der Waals surface area contributed by atoms with E-state index in [1.54, 1.807) is 0 Å². The van der Waals surface area contributed by atoms with Crippen LogP contribution in [0.3, 0.4) is 0 Å². The third kappa shape index (κ3) is 5.68. The first-order valence-electron chi connectivity index (χ1n) is 9.24. The van der Waals surface area contributed by atoms with E-state index in [2.05, 4.69) is 5.32 Å². The standard InChI is InChI=1S/C19H31BN2O5/c1-18(2)19(3,4)27-20(26-18)16(22-17(23)15(21)13-24-5)11-12-25-14-9-7-6-8-10-14/h6-10,15-16H,11-13,21H2,1-5H3,(H,22,23)/t15?,16-/m0/s1. The molecular formula is C19H31BN2O5. The number of nitrogens with one attached hydrogen (secondary N) is 1. The van der Waals surface area contributed by atoms with Gasteiger partial charge in [0.25, 0.3) is 0 Å². The molecule has 0 bridgehead atoms. The summed E-state index contributed by atoms with van der Waals surface area (Å²) in [6, 6.07) is 8.76. The van der Waals surface area contributed by atoms with Gasteiger partial charge < -0.3 is 29.8 Å². The van der Waals surface area contributed by atoms with E-state index in [0.29, 0.717) is 13.0 Å². The number of rotatable bonds is 9. The molecule has 0 radical (unpaired) electrons. The summed E-state index contributed by atoms with van der Waals surface area (Å²) in [6.07, 6.45) is 0.511. The molecule has 2 rings (SSSR count). The Balaban J connectivity index is 2.03. The Morgan fingerprint density at radius 3 is 2.33 bits per heavy atom. The van der Waals surface area contributed by atoms with E-state index >= 15 is 0 Å². The summed E-state index contributed by atoms with van der Waals surface area (Å²) in [6.45, 7) is 8.44. The van der Waals surface area contributed by atoms with Crippen LogP contribution < -0.4 is 15.8 Å². The molecule has 1 amide bonds. The van der Waals surface area contributed by atoms with Gasteiger partial charge in [-0.15, -0.1) is 0 Å². The Hall–Kier alpha value is -1.61. The van der Waals surface area contributed by atoms with Crippen molar-refractivity contribution < 1.29 is 23.6 Å². The average molecular weight is 378 g/mol. The molecule has 3 N–H and O–H groups in total. The van der Waals surface area contributed by atoms with E-state index < -0.39 is 30.3 Å². The summed E-state index contributed by atoms with van der Waals surface area (Å²) in [5, 5.41) is 2.93. The lowest BCUT2D eigenvalue weighted by Crippen LogP contribution is -2.54. The minimum Gasteiger partial charge on any atom is -0.494 e. The molecule has 0 saturated carbocycles. The summed E-state index contributed by atoms with van der Waals surface area (Å²) in [7, 11) is 0.917. The summed E-state index contributed by atoms with van der Waals surface area (Å²) in [4.78, 5) is 12.4. The number of benzene rings is 1. The summed E-state index contributed by atoms with van der Waals surface area (Å²) in [5.74, 6) is 0.0639. The molecule has 7 nitrogen and oxygen atoms in total. The van der Waals surface area contributed by atoms with Crippen LogP contribution in [0, 0.1) is 0 Å². The van der Waals surface area contributed by atoms with Crippen molar-refractivity contribution in [3.05, 3.63) is 30.3 Å². The molecule has 1 aliphatic heterocycles. The molecule has 1 aliphatic rings. The molecule has 2 atom stereocenters. The maximum atomic E-state index is 12.4. The van der Waals surface area contributed by atoms with Crippen LogP contribution >= 0.6 is 0 Å². The largest absolute Gasteiger partial charge is 0.494 e. The van der Waals surface area contributed by atoms with E-state index in [1.807, 2.05) is 58.0 Å². The highest BCUT2D eigenvalue weighted by molar-refractivity contribution is 6.48. The van der Waals surface area contributed by atoms with Gasteiger partial charge in [-0.05, 0) is 39.8 Å². The second-order valence-corrected chi connectivity index (χ2v) is 7.75. The van der Waals surface area contributed by atoms with Crippen molar-refractivity contribution in [2.75, 3.05) is 20.3 Å². The molecule has 1 fully saturated rings. The second kappa shape index (κ2) is 9.06. The van der Waals surface area contributed by atoms with Crippen molar-refractivity contribution in [3.63, 3.8) is 0 Å². The quantitative estimate of drug-likeness (QED) is 0.634. The molecule has 0 aliphatic carbocycles. The highest BCUT2D eigenvalue weighted by atomic mass is 16.7. The summed E-state index contributed by atoms with van der Waals surface area (Å²) >= 11 is 0. The number of ether oxygens (including phenoxy) is 2. The Bertz CT molecular complexity index is 595. The fraction of sp³-hybridized carbons (Fsp3) is 0.632. The lowest BCUT2D eigenvalue weighted by molar-refractivity contribution is -0.123. The first-order chi connectivity index (χ1) is 12.7. The Morgan fingerprint density at radius 2 is 1.78 bits per heavy atom. The van der Waals surface area contributed by atoms with Crippen LogP contribution in [-0.4, -0.2) is 56.5 Å². The molecular weight excluding hydrogens is 347 g/mol. The molecule has 0 spiro atoms. The lowest BCUT2D eigenvalue weighted by Gasteiger charge is -2.32. The molecule has 150 valence electrons. The van der Waals surface area contributed by atoms with Crippen molar-refractivity contribution >= 4 is 13.0 Å². The maximum Gasteiger partial charge on any atom is 0.481 e. The zero-order chi connectivity index (χ0) is 20.1. The van der Waals surface area contributed by atoms with Crippen LogP contribution in [0.2, 0.25) is 0 Å². The molecule has 1 unspecified atom stereocenters. The van der Waals surface area contributed by atoms with Gasteiger partial charge in [0, 0.05) is 13.5 Å². The number of amides is 1. The number of para-hydroxylation sites is 1. The number of carbonyl (C=O) groups is 1. The average Bonchev–Trinajstić information content (AvgIpc) is 2.82. The summed E-state index contributed by atoms with van der Waals surface area (Å²) < 4.78 is 22.9. The predicted octanol–water partition coefficient (Wildman–Crippen LogP) is 1.55. The van der Waals surface area contributed by atoms with Gasteiger partial charge in [0.1, 0.15) is 11.8 Å². The molecule has 1 aromatic carbocycles. The van der Waals surface area contributed by atoms with Crippen molar-refractivity contribution in [2.24, 2.45) is 5.73 Å². The Morgan fingerprint density at radius 1 is 1.19 bits per heavy atom. The highest BCUT2D eigenvalue weighted by Gasteiger charge is 2.54. The number of methoxy groups -OCH3 is 1. The maximum absolute atomic E-state index is 12.4. The first kappa shape index (κ1) is 21.7. The van der Waals surface area contributed by atoms with Crippen LogP contribution in [0.15, 0.2) is 30.3 Å². The number of hydrogen-bond acceptors (Lipinski definition) is 6. The Labute approximate surface area is 162 Å². The molecule has 1 saturated heterocycles. The topological polar surface area (TPSA) is 92.0 Å². The zero-order valence-electron chi connectivity index (χ0n) is 16.9. The van der Waals surface area contributed by atoms with E-state index in [1.165, 1.54) is 7.11 Å². The van der Waals surface area contributed by atoms with E-state index in [9.17, 15) is 4.79 Å². The third-order valence-electron chi connectivity index (χ3n) is 5.05. The van der Waals surface area contributed by atoms with Gasteiger partial charge in [-0.2, -0.15) is 0 Å². The molecule has 1 aromatic rings. The van der Waals surface area contributed by atoms with Crippen LogP contribution in [0.5, 0.6) is 5.75 Å². The fourth-order valence-corrected chi connectivity index (χ4v) is 2.69. The highest BCUT2D eigenvalue weighted by Crippen LogP contribution is 2.37. The fourth-order valence-electron chi connectivity index (χ4n) is 2.69. The molecule has 27 heavy (non-hydrogen) atoms. The van der Waals surface area contributed by atoms with Crippen LogP contribution in [0.1, 0.15) is 34.1 Å². The van der Waals surface area contributed by atoms with Gasteiger partial charge in [0.05, 0.1) is 30.4 Å². The van der Waals surface area contributed by atoms with E-state index in [0.717, 1.165) is 5.75 Å². The normalized spacial score (nSPS) is 20.1. The molecule has 0 aromatic heterocycles. The van der Waals surface area contributed by atoms with Gasteiger partial charge in [0.2, 0.25) is 5.91 Å². The van der Waals surface area contributed by atoms with Crippen molar-refractivity contribution in [1.29, 1.82) is 0 Å². The SMILES string of the molecule is COCC(N)C(=O)N[C@@H](CCOc1ccccc1)B1OC(C)(C)C(C)(C)O1. The minimum absolute atomic E-state index is 0.141. The van der Waals surface area contributed by atoms with Crippen molar-refractivity contribution in [1.82, 2.24) is 5.32 Å². The number of carbonyl (C=O) groups excluding carboxylic acids is 1. The van der Waals surface area contributed by atoms with Crippen molar-refractivity contribution in [2.45, 2.75) is 57.3 Å². The van der Waals surface area contributed by atoms with Gasteiger partial charge in [0.15, 0.2) is 0 Å². The van der Waals surface area contributed by atoms with Crippen LogP contribution in [-0.2, 0) is 18.8 Å². The van der Waals surface area contributed by atoms with Gasteiger partial charge in [-0.25, -0.2) is 0 Å². The van der Waals surface area contributed by atoms with Gasteiger partial charge >= 0.3 is 7.12 Å². The second-order valence-electron chi connectivity index (χ2n) is 7.75. The zero-order valence-corrected chi connectivity index (χ0v) is 16.9. The molecule has 8 heteroatoms. The predicted molar refractivity (Wildman–Crippen MR) is 104 cm³/mol. The first-order valence-corrected chi connectivity index (χ1v) is 9.24. The van der Waals surface area contributed by atoms with Gasteiger partial charge in [-0.1, -0.05) is 18.2 Å². The molecule has 1 heterocycles.